The van der Waals surface area contributed by atoms with Gasteiger partial charge in [0.1, 0.15) is 22.9 Å². The Labute approximate surface area is 254 Å². The van der Waals surface area contributed by atoms with Crippen LogP contribution in [0.25, 0.3) is 11.2 Å². The molecule has 2 saturated heterocycles. The highest BCUT2D eigenvalue weighted by Crippen LogP contribution is 2.40. The third-order valence-electron chi connectivity index (χ3n) is 8.70. The van der Waals surface area contributed by atoms with Crippen molar-refractivity contribution in [2.24, 2.45) is 0 Å². The number of pyridine rings is 1. The van der Waals surface area contributed by atoms with Gasteiger partial charge in [0, 0.05) is 43.7 Å². The first-order valence-corrected chi connectivity index (χ1v) is 15.1. The van der Waals surface area contributed by atoms with Gasteiger partial charge >= 0.3 is 5.97 Å². The number of aromatic nitrogens is 3. The number of carbonyl (C=O) groups is 1. The van der Waals surface area contributed by atoms with E-state index in [2.05, 4.69) is 37.5 Å². The first-order valence-electron chi connectivity index (χ1n) is 14.7. The topological polar surface area (TPSA) is 82.0 Å². The molecule has 2 aromatic heterocycles. The average molecular weight is 606 g/mol. The van der Waals surface area contributed by atoms with Gasteiger partial charge in [0.25, 0.3) is 0 Å². The van der Waals surface area contributed by atoms with Gasteiger partial charge in [-0.15, -0.1) is 0 Å². The summed E-state index contributed by atoms with van der Waals surface area (Å²) < 4.78 is 33.6. The second-order valence-electron chi connectivity index (χ2n) is 11.4. The predicted molar refractivity (Wildman–Crippen MR) is 161 cm³/mol. The molecular weight excluding hydrogens is 573 g/mol. The highest BCUT2D eigenvalue weighted by atomic mass is 35.5. The van der Waals surface area contributed by atoms with Gasteiger partial charge in [0.15, 0.2) is 11.3 Å². The van der Waals surface area contributed by atoms with E-state index in [0.29, 0.717) is 42.4 Å². The molecule has 1 unspecified atom stereocenters. The number of hydrogen-bond donors (Lipinski definition) is 0. The van der Waals surface area contributed by atoms with Gasteiger partial charge in [-0.3, -0.25) is 4.90 Å². The number of rotatable bonds is 7. The smallest absolute Gasteiger partial charge is 0.356 e. The molecule has 11 heteroatoms. The molecule has 224 valence electrons. The van der Waals surface area contributed by atoms with Crippen LogP contribution in [0.1, 0.15) is 39.8 Å². The highest BCUT2D eigenvalue weighted by Gasteiger charge is 2.29. The van der Waals surface area contributed by atoms with Crippen LogP contribution in [0.15, 0.2) is 48.5 Å². The van der Waals surface area contributed by atoms with Crippen molar-refractivity contribution in [1.82, 2.24) is 19.4 Å². The van der Waals surface area contributed by atoms with Crippen LogP contribution in [-0.2, 0) is 29.0 Å². The number of hydrogen-bond acceptors (Lipinski definition) is 8. The molecule has 0 amide bonds. The molecule has 0 bridgehead atoms. The van der Waals surface area contributed by atoms with E-state index in [1.54, 1.807) is 18.2 Å². The van der Waals surface area contributed by atoms with E-state index in [9.17, 15) is 9.18 Å². The Hall–Kier alpha value is -3.73. The summed E-state index contributed by atoms with van der Waals surface area (Å²) in [4.78, 5) is 26.4. The first-order chi connectivity index (χ1) is 21.0. The van der Waals surface area contributed by atoms with E-state index in [-0.39, 0.29) is 23.5 Å². The molecule has 2 fully saturated rings. The highest BCUT2D eigenvalue weighted by molar-refractivity contribution is 6.30. The Morgan fingerprint density at radius 3 is 2.70 bits per heavy atom. The maximum atomic E-state index is 14.6. The van der Waals surface area contributed by atoms with Crippen LogP contribution in [0.5, 0.6) is 5.75 Å². The van der Waals surface area contributed by atoms with E-state index in [4.69, 9.17) is 30.8 Å². The number of imidazole rings is 1. The van der Waals surface area contributed by atoms with Gasteiger partial charge in [0.05, 0.1) is 38.6 Å². The normalized spacial score (nSPS) is 20.4. The minimum atomic E-state index is -0.466. The van der Waals surface area contributed by atoms with Crippen molar-refractivity contribution < 1.29 is 23.4 Å². The van der Waals surface area contributed by atoms with E-state index in [0.717, 1.165) is 67.5 Å². The molecule has 2 atom stereocenters. The number of piperazine rings is 1. The van der Waals surface area contributed by atoms with Crippen LogP contribution in [-0.4, -0.2) is 78.0 Å². The molecule has 3 aliphatic rings. The minimum absolute atomic E-state index is 0.0559. The second-order valence-corrected chi connectivity index (χ2v) is 11.8. The Kier molecular flexibility index (Phi) is 7.67. The summed E-state index contributed by atoms with van der Waals surface area (Å²) in [6.07, 6.45) is 1.83. The first kappa shape index (κ1) is 28.1. The predicted octanol–water partition coefficient (Wildman–Crippen LogP) is 4.84. The lowest BCUT2D eigenvalue weighted by Gasteiger charge is -2.38. The zero-order valence-corrected chi connectivity index (χ0v) is 24.7. The van der Waals surface area contributed by atoms with E-state index < -0.39 is 5.97 Å². The molecule has 4 aromatic rings. The Morgan fingerprint density at radius 2 is 1.95 bits per heavy atom. The molecule has 2 aromatic carbocycles. The maximum Gasteiger partial charge on any atom is 0.356 e. The van der Waals surface area contributed by atoms with Crippen molar-refractivity contribution in [3.63, 3.8) is 0 Å². The van der Waals surface area contributed by atoms with Crippen LogP contribution in [0.2, 0.25) is 5.02 Å². The van der Waals surface area contributed by atoms with Crippen molar-refractivity contribution in [3.05, 3.63) is 82.0 Å². The summed E-state index contributed by atoms with van der Waals surface area (Å²) in [6, 6.07) is 14.6. The summed E-state index contributed by atoms with van der Waals surface area (Å²) in [5, 5.41) is 0.397. The van der Waals surface area contributed by atoms with Crippen molar-refractivity contribution in [1.29, 1.82) is 0 Å². The maximum absolute atomic E-state index is 14.6. The zero-order valence-electron chi connectivity index (χ0n) is 24.0. The summed E-state index contributed by atoms with van der Waals surface area (Å²) in [6.45, 7) is 5.90. The number of benzene rings is 2. The largest absolute Gasteiger partial charge is 0.490 e. The lowest BCUT2D eigenvalue weighted by molar-refractivity contribution is -0.0592. The van der Waals surface area contributed by atoms with Gasteiger partial charge in [-0.05, 0) is 54.3 Å². The van der Waals surface area contributed by atoms with Crippen LogP contribution in [0.4, 0.5) is 10.1 Å². The third-order valence-corrected chi connectivity index (χ3v) is 8.93. The molecule has 5 heterocycles. The second kappa shape index (κ2) is 11.7. The molecule has 43 heavy (non-hydrogen) atoms. The monoisotopic (exact) mass is 605 g/mol. The molecule has 0 N–H and O–H groups in total. The molecule has 9 nitrogen and oxygen atoms in total. The molecule has 0 spiro atoms. The third kappa shape index (κ3) is 5.55. The fraction of sp³-hybridized carbons (Fsp3) is 0.406. The van der Waals surface area contributed by atoms with Crippen molar-refractivity contribution in [3.8, 4) is 5.75 Å². The number of halogens is 2. The van der Waals surface area contributed by atoms with Crippen molar-refractivity contribution in [2.45, 2.75) is 38.0 Å². The summed E-state index contributed by atoms with van der Waals surface area (Å²) in [5.41, 5.74) is 4.52. The van der Waals surface area contributed by atoms with Gasteiger partial charge < -0.3 is 23.7 Å². The lowest BCUT2D eigenvalue weighted by atomic mass is 9.89. The number of fused-ring (bicyclic) bond motifs is 2. The lowest BCUT2D eigenvalue weighted by Crippen LogP contribution is -2.46. The number of carbonyl (C=O) groups excluding carboxylic acids is 1. The molecule has 0 saturated carbocycles. The van der Waals surface area contributed by atoms with Gasteiger partial charge in [-0.25, -0.2) is 19.2 Å². The minimum Gasteiger partial charge on any atom is -0.490 e. The number of para-hydroxylation sites is 1. The summed E-state index contributed by atoms with van der Waals surface area (Å²) in [5.74, 6) is 1.00. The van der Waals surface area contributed by atoms with Crippen molar-refractivity contribution in [2.75, 3.05) is 51.4 Å². The van der Waals surface area contributed by atoms with Gasteiger partial charge in [-0.2, -0.15) is 0 Å². The zero-order chi connectivity index (χ0) is 29.5. The number of anilines is 1. The molecule has 7 rings (SSSR count). The standard InChI is InChI=1S/C32H33ClFN5O4/c1-41-32(40)27-8-7-26-31(36-27)39(17-23-9-14-42-23)29(35-26)18-37-10-12-38(13-11-37)28-4-2-3-20-15-21(19-43-30(20)28)24-6-5-22(33)16-25(24)34/h2-8,16,21,23H,9-15,17-19H2,1H3/t21?,23-/m0/s1. The Bertz CT molecular complexity index is 1670. The summed E-state index contributed by atoms with van der Waals surface area (Å²) in [7, 11) is 1.36. The van der Waals surface area contributed by atoms with E-state index in [1.807, 2.05) is 6.07 Å². The summed E-state index contributed by atoms with van der Waals surface area (Å²) >= 11 is 5.97. The van der Waals surface area contributed by atoms with Gasteiger partial charge in [-0.1, -0.05) is 29.8 Å². The van der Waals surface area contributed by atoms with Gasteiger partial charge in [0.2, 0.25) is 0 Å². The molecular formula is C32H33ClFN5O4. The molecule has 3 aliphatic heterocycles. The quantitative estimate of drug-likeness (QED) is 0.277. The van der Waals surface area contributed by atoms with Crippen LogP contribution < -0.4 is 9.64 Å². The molecule has 0 radical (unpaired) electrons. The van der Waals surface area contributed by atoms with Crippen LogP contribution >= 0.6 is 11.6 Å². The number of methoxy groups -OCH3 is 1. The SMILES string of the molecule is COC(=O)c1ccc2nc(CN3CCN(c4cccc5c4OCC(c4ccc(Cl)cc4F)C5)CC3)n(C[C@@H]3CCO3)c2n1. The van der Waals surface area contributed by atoms with Crippen LogP contribution in [0.3, 0.4) is 0 Å². The number of nitrogens with zero attached hydrogens (tertiary/aromatic N) is 5. The number of ether oxygens (including phenoxy) is 3. The fourth-order valence-corrected chi connectivity index (χ4v) is 6.41. The fourth-order valence-electron chi connectivity index (χ4n) is 6.25. The van der Waals surface area contributed by atoms with Crippen molar-refractivity contribution >= 4 is 34.4 Å². The van der Waals surface area contributed by atoms with E-state index >= 15 is 0 Å². The number of esters is 1. The Morgan fingerprint density at radius 1 is 1.12 bits per heavy atom. The van der Waals surface area contributed by atoms with Crippen LogP contribution in [0, 0.1) is 5.82 Å². The Balaban J connectivity index is 1.05. The molecule has 0 aliphatic carbocycles. The average Bonchev–Trinajstić information content (AvgIpc) is 3.34. The van der Waals surface area contributed by atoms with E-state index in [1.165, 1.54) is 13.2 Å².